The molecule has 1 N–H and O–H groups in total. The molecule has 2 atom stereocenters. The summed E-state index contributed by atoms with van der Waals surface area (Å²) in [5.41, 5.74) is 0. The van der Waals surface area contributed by atoms with E-state index < -0.39 is 0 Å². The van der Waals surface area contributed by atoms with Crippen LogP contribution in [-0.2, 0) is 4.79 Å². The van der Waals surface area contributed by atoms with E-state index in [1.807, 2.05) is 29.2 Å². The summed E-state index contributed by atoms with van der Waals surface area (Å²) in [5, 5.41) is 3.39. The summed E-state index contributed by atoms with van der Waals surface area (Å²) in [5.74, 6) is 1.06. The Morgan fingerprint density at radius 3 is 2.95 bits per heavy atom. The van der Waals surface area contributed by atoms with E-state index in [2.05, 4.69) is 35.1 Å². The predicted molar refractivity (Wildman–Crippen MR) is 94.8 cm³/mol. The van der Waals surface area contributed by atoms with E-state index in [-0.39, 0.29) is 24.4 Å². The van der Waals surface area contributed by atoms with Gasteiger partial charge in [0.2, 0.25) is 5.91 Å². The van der Waals surface area contributed by atoms with Crippen LogP contribution >= 0.6 is 28.3 Å². The maximum Gasteiger partial charge on any atom is 0.223 e. The normalized spacial score (nSPS) is 21.1. The van der Waals surface area contributed by atoms with E-state index in [1.165, 1.54) is 0 Å². The van der Waals surface area contributed by atoms with Crippen molar-refractivity contribution in [2.24, 2.45) is 0 Å². The van der Waals surface area contributed by atoms with Gasteiger partial charge in [-0.05, 0) is 38.5 Å². The monoisotopic (exact) mass is 390 g/mol. The van der Waals surface area contributed by atoms with Crippen molar-refractivity contribution in [1.82, 2.24) is 10.2 Å². The molecule has 1 fully saturated rings. The number of piperazine rings is 1. The Hall–Kier alpha value is -0.780. The van der Waals surface area contributed by atoms with Crippen molar-refractivity contribution in [2.75, 3.05) is 19.7 Å². The molecule has 2 rings (SSSR count). The first-order chi connectivity index (χ1) is 10.1. The first kappa shape index (κ1) is 19.3. The predicted octanol–water partition coefficient (Wildman–Crippen LogP) is 3.24. The highest BCUT2D eigenvalue weighted by Gasteiger charge is 2.27. The third-order valence-electron chi connectivity index (χ3n) is 3.95. The number of carbonyl (C=O) groups excluding carboxylic acids is 1. The van der Waals surface area contributed by atoms with E-state index in [1.54, 1.807) is 0 Å². The summed E-state index contributed by atoms with van der Waals surface area (Å²) in [7, 11) is 0. The molecule has 0 bridgehead atoms. The second kappa shape index (κ2) is 9.38. The zero-order valence-corrected chi connectivity index (χ0v) is 15.5. The summed E-state index contributed by atoms with van der Waals surface area (Å²) in [6, 6.07) is 8.38. The molecule has 1 heterocycles. The van der Waals surface area contributed by atoms with Crippen LogP contribution in [0.3, 0.4) is 0 Å². The Balaban J connectivity index is 0.00000242. The number of nitrogens with one attached hydrogen (secondary N) is 1. The van der Waals surface area contributed by atoms with Crippen molar-refractivity contribution in [3.63, 3.8) is 0 Å². The van der Waals surface area contributed by atoms with Gasteiger partial charge in [0, 0.05) is 36.1 Å². The lowest BCUT2D eigenvalue weighted by atomic mass is 10.1. The number of amides is 1. The largest absolute Gasteiger partial charge is 0.494 e. The zero-order chi connectivity index (χ0) is 15.2. The summed E-state index contributed by atoms with van der Waals surface area (Å²) in [6.07, 6.45) is 1.29. The molecule has 1 aromatic rings. The van der Waals surface area contributed by atoms with Gasteiger partial charge in [-0.25, -0.2) is 0 Å². The van der Waals surface area contributed by atoms with E-state index in [0.717, 1.165) is 29.7 Å². The van der Waals surface area contributed by atoms with Crippen LogP contribution in [0.15, 0.2) is 28.7 Å². The average Bonchev–Trinajstić information content (AvgIpc) is 2.46. The van der Waals surface area contributed by atoms with Gasteiger partial charge in [0.15, 0.2) is 0 Å². The van der Waals surface area contributed by atoms with Crippen molar-refractivity contribution in [3.8, 4) is 5.75 Å². The molecule has 22 heavy (non-hydrogen) atoms. The number of carbonyl (C=O) groups is 1. The van der Waals surface area contributed by atoms with Gasteiger partial charge in [-0.1, -0.05) is 22.0 Å². The molecule has 4 nitrogen and oxygen atoms in total. The number of benzene rings is 1. The quantitative estimate of drug-likeness (QED) is 0.784. The van der Waals surface area contributed by atoms with Gasteiger partial charge < -0.3 is 15.0 Å². The Kier molecular flexibility index (Phi) is 8.21. The van der Waals surface area contributed by atoms with Crippen LogP contribution in [0.2, 0.25) is 0 Å². The molecule has 1 aliphatic rings. The molecule has 0 radical (unpaired) electrons. The van der Waals surface area contributed by atoms with Gasteiger partial charge in [-0.3, -0.25) is 4.79 Å². The van der Waals surface area contributed by atoms with Crippen molar-refractivity contribution in [1.29, 1.82) is 0 Å². The van der Waals surface area contributed by atoms with Crippen LogP contribution in [-0.4, -0.2) is 42.6 Å². The number of halogens is 2. The summed E-state index contributed by atoms with van der Waals surface area (Å²) in [6.45, 7) is 6.48. The SMILES string of the molecule is CC1NCCN(C(=O)CCCOc2cccc(Br)c2)C1C.Cl. The van der Waals surface area contributed by atoms with E-state index in [9.17, 15) is 4.79 Å². The van der Waals surface area contributed by atoms with Gasteiger partial charge in [0.1, 0.15) is 5.75 Å². The Labute approximate surface area is 147 Å². The zero-order valence-electron chi connectivity index (χ0n) is 13.0. The Bertz CT molecular complexity index is 487. The number of rotatable bonds is 5. The molecule has 0 aromatic heterocycles. The molecular formula is C16H24BrClN2O2. The second-order valence-corrected chi connectivity index (χ2v) is 6.40. The number of ether oxygens (including phenoxy) is 1. The molecule has 6 heteroatoms. The van der Waals surface area contributed by atoms with Crippen LogP contribution in [0.5, 0.6) is 5.75 Å². The molecule has 124 valence electrons. The fraction of sp³-hybridized carbons (Fsp3) is 0.562. The maximum absolute atomic E-state index is 12.3. The molecule has 0 saturated carbocycles. The first-order valence-corrected chi connectivity index (χ1v) is 8.28. The van der Waals surface area contributed by atoms with Gasteiger partial charge in [-0.2, -0.15) is 0 Å². The minimum atomic E-state index is 0. The highest BCUT2D eigenvalue weighted by Crippen LogP contribution is 2.18. The number of nitrogens with zero attached hydrogens (tertiary/aromatic N) is 1. The lowest BCUT2D eigenvalue weighted by molar-refractivity contribution is -0.135. The fourth-order valence-corrected chi connectivity index (χ4v) is 2.90. The standard InChI is InChI=1S/C16H23BrN2O2.ClH/c1-12-13(2)19(9-8-18-12)16(20)7-4-10-21-15-6-3-5-14(17)11-15;/h3,5-6,11-13,18H,4,7-10H2,1-2H3;1H. The van der Waals surface area contributed by atoms with Crippen LogP contribution in [0.1, 0.15) is 26.7 Å². The van der Waals surface area contributed by atoms with Crippen molar-refractivity contribution in [3.05, 3.63) is 28.7 Å². The topological polar surface area (TPSA) is 41.6 Å². The van der Waals surface area contributed by atoms with Crippen LogP contribution in [0.4, 0.5) is 0 Å². The molecule has 1 aliphatic heterocycles. The summed E-state index contributed by atoms with van der Waals surface area (Å²) < 4.78 is 6.66. The van der Waals surface area contributed by atoms with Gasteiger partial charge in [-0.15, -0.1) is 12.4 Å². The third kappa shape index (κ3) is 5.45. The van der Waals surface area contributed by atoms with E-state index in [4.69, 9.17) is 4.74 Å². The van der Waals surface area contributed by atoms with Crippen molar-refractivity contribution in [2.45, 2.75) is 38.8 Å². The number of hydrogen-bond acceptors (Lipinski definition) is 3. The van der Waals surface area contributed by atoms with Gasteiger partial charge in [0.05, 0.1) is 6.61 Å². The van der Waals surface area contributed by atoms with Crippen LogP contribution < -0.4 is 10.1 Å². The van der Waals surface area contributed by atoms with Crippen molar-refractivity contribution >= 4 is 34.2 Å². The first-order valence-electron chi connectivity index (χ1n) is 7.49. The Morgan fingerprint density at radius 2 is 2.23 bits per heavy atom. The lowest BCUT2D eigenvalue weighted by Gasteiger charge is -2.38. The highest BCUT2D eigenvalue weighted by molar-refractivity contribution is 9.10. The van der Waals surface area contributed by atoms with Crippen molar-refractivity contribution < 1.29 is 9.53 Å². The third-order valence-corrected chi connectivity index (χ3v) is 4.45. The molecular weight excluding hydrogens is 368 g/mol. The molecule has 1 amide bonds. The summed E-state index contributed by atoms with van der Waals surface area (Å²) in [4.78, 5) is 14.2. The molecule has 1 saturated heterocycles. The maximum atomic E-state index is 12.3. The minimum absolute atomic E-state index is 0. The average molecular weight is 392 g/mol. The fourth-order valence-electron chi connectivity index (χ4n) is 2.52. The Morgan fingerprint density at radius 1 is 1.45 bits per heavy atom. The molecule has 1 aromatic carbocycles. The number of hydrogen-bond donors (Lipinski definition) is 1. The van der Waals surface area contributed by atoms with Crippen LogP contribution in [0, 0.1) is 0 Å². The molecule has 2 unspecified atom stereocenters. The second-order valence-electron chi connectivity index (χ2n) is 5.48. The van der Waals surface area contributed by atoms with Gasteiger partial charge >= 0.3 is 0 Å². The smallest absolute Gasteiger partial charge is 0.223 e. The van der Waals surface area contributed by atoms with Gasteiger partial charge in [0.25, 0.3) is 0 Å². The summed E-state index contributed by atoms with van der Waals surface area (Å²) >= 11 is 3.41. The molecule has 0 aliphatic carbocycles. The van der Waals surface area contributed by atoms with Crippen LogP contribution in [0.25, 0.3) is 0 Å². The van der Waals surface area contributed by atoms with E-state index >= 15 is 0 Å². The molecule has 0 spiro atoms. The minimum Gasteiger partial charge on any atom is -0.494 e. The highest BCUT2D eigenvalue weighted by atomic mass is 79.9. The van der Waals surface area contributed by atoms with E-state index in [0.29, 0.717) is 19.1 Å². The lowest BCUT2D eigenvalue weighted by Crippen LogP contribution is -2.57.